The predicted octanol–water partition coefficient (Wildman–Crippen LogP) is -1.64. The van der Waals surface area contributed by atoms with Gasteiger partial charge in [-0.25, -0.2) is 9.36 Å². The van der Waals surface area contributed by atoms with Gasteiger partial charge in [0.25, 0.3) is 0 Å². The molecule has 0 fully saturated rings. The summed E-state index contributed by atoms with van der Waals surface area (Å²) in [6.45, 7) is 9.45. The van der Waals surface area contributed by atoms with Gasteiger partial charge in [-0.15, -0.1) is 0 Å². The van der Waals surface area contributed by atoms with Crippen LogP contribution < -0.4 is 53.2 Å². The number of carboxylic acids is 2. The van der Waals surface area contributed by atoms with E-state index in [0.717, 1.165) is 12.1 Å². The predicted molar refractivity (Wildman–Crippen MR) is 259 cm³/mol. The molecule has 8 amide bonds. The van der Waals surface area contributed by atoms with Crippen molar-refractivity contribution in [2.45, 2.75) is 128 Å². The molecule has 73 heavy (non-hydrogen) atoms. The Balaban J connectivity index is 2.56. The van der Waals surface area contributed by atoms with E-state index in [1.54, 1.807) is 45.9 Å². The van der Waals surface area contributed by atoms with Gasteiger partial charge in [-0.05, 0) is 60.3 Å². The first-order chi connectivity index (χ1) is 34.0. The summed E-state index contributed by atoms with van der Waals surface area (Å²) in [6.07, 6.45) is -4.01. The van der Waals surface area contributed by atoms with Crippen LogP contribution >= 0.6 is 7.82 Å². The first kappa shape index (κ1) is 62.1. The number of phosphoric ester groups is 1. The van der Waals surface area contributed by atoms with Crippen molar-refractivity contribution in [1.29, 1.82) is 0 Å². The van der Waals surface area contributed by atoms with Gasteiger partial charge in [0.05, 0.1) is 19.0 Å². The molecular formula is C46H68N9O17P. The molecule has 0 spiro atoms. The zero-order valence-corrected chi connectivity index (χ0v) is 42.1. The summed E-state index contributed by atoms with van der Waals surface area (Å²) in [6, 6.07) is 1.57. The number of carbonyl (C=O) groups is 10. The normalized spacial score (nSPS) is 14.7. The zero-order chi connectivity index (χ0) is 55.3. The standard InChI is InChI=1S/C46H68N9O17P/c1-23(2)18-29(47)40(61)54-37(25(5)6)44(65)55-38(39(60)27-10-8-7-9-11-27)45(66)53-32(20-26-12-14-28(15-13-26)72-73(69,70)71)42(63)52-33(21-34(48)56)43(64)51-31(19-24(3)4)41(62)49-22-35(57)50-30(46(67)68)16-17-36(58)59/h7-15,23-25,29-33,37-39,60H,16-22,47H2,1-6H3,(H2,48,56)(H,49,62)(H,50,57)(H,51,64)(H,52,63)(H,53,66)(H,54,61)(H,55,65)(H,58,59)(H,67,68)(H2,69,70,71)/t29-,30-,31-,32-,33-,37-,38-,39?/m0/s1. The lowest BCUT2D eigenvalue weighted by atomic mass is 9.97. The molecule has 2 aromatic carbocycles. The van der Waals surface area contributed by atoms with Crippen LogP contribution in [0.2, 0.25) is 0 Å². The van der Waals surface area contributed by atoms with Crippen LogP contribution in [0.15, 0.2) is 54.6 Å². The second-order valence-corrected chi connectivity index (χ2v) is 19.5. The van der Waals surface area contributed by atoms with E-state index < -0.39 is 154 Å². The fourth-order valence-electron chi connectivity index (χ4n) is 7.03. The summed E-state index contributed by atoms with van der Waals surface area (Å²) in [5.74, 6) is -12.2. The van der Waals surface area contributed by atoms with Crippen LogP contribution in [-0.4, -0.2) is 133 Å². The van der Waals surface area contributed by atoms with Crippen molar-refractivity contribution >= 4 is 67.0 Å². The molecule has 27 heteroatoms. The summed E-state index contributed by atoms with van der Waals surface area (Å²) in [4.78, 5) is 149. The van der Waals surface area contributed by atoms with E-state index >= 15 is 0 Å². The number of amides is 8. The van der Waals surface area contributed by atoms with E-state index in [2.05, 4.69) is 41.7 Å². The Morgan fingerprint density at radius 2 is 1.16 bits per heavy atom. The minimum atomic E-state index is -5.00. The molecule has 0 aliphatic carbocycles. The molecule has 0 heterocycles. The van der Waals surface area contributed by atoms with Gasteiger partial charge < -0.3 is 68.5 Å². The summed E-state index contributed by atoms with van der Waals surface area (Å²) >= 11 is 0. The molecule has 0 radical (unpaired) electrons. The van der Waals surface area contributed by atoms with Gasteiger partial charge in [-0.3, -0.25) is 52.9 Å². The number of rotatable bonds is 31. The number of nitrogens with one attached hydrogen (secondary N) is 7. The highest BCUT2D eigenvalue weighted by Gasteiger charge is 2.38. The van der Waals surface area contributed by atoms with Crippen LogP contribution in [0.3, 0.4) is 0 Å². The van der Waals surface area contributed by atoms with Crippen molar-refractivity contribution in [3.05, 3.63) is 65.7 Å². The maximum atomic E-state index is 14.5. The summed E-state index contributed by atoms with van der Waals surface area (Å²) in [5, 5.41) is 46.6. The van der Waals surface area contributed by atoms with Crippen LogP contribution in [0.4, 0.5) is 0 Å². The molecule has 0 bridgehead atoms. The highest BCUT2D eigenvalue weighted by molar-refractivity contribution is 7.46. The first-order valence-corrected chi connectivity index (χ1v) is 24.6. The second kappa shape index (κ2) is 29.5. The molecule has 0 saturated carbocycles. The lowest BCUT2D eigenvalue weighted by molar-refractivity contribution is -0.143. The SMILES string of the molecule is CC(C)C[C@H](NC(=O)[C@H](CC(N)=O)NC(=O)[C@H](Cc1ccc(OP(=O)(O)O)cc1)NC(=O)[C@@H](NC(=O)[C@@H](NC(=O)[C@@H](N)CC(C)C)C(C)C)C(O)c1ccccc1)C(=O)NCC(=O)N[C@@H](CCC(=O)O)C(=O)O. The molecule has 16 N–H and O–H groups in total. The van der Waals surface area contributed by atoms with Gasteiger partial charge in [0.1, 0.15) is 48.1 Å². The number of hydrogen-bond acceptors (Lipinski definition) is 14. The Morgan fingerprint density at radius 3 is 1.68 bits per heavy atom. The van der Waals surface area contributed by atoms with E-state index in [-0.39, 0.29) is 41.6 Å². The van der Waals surface area contributed by atoms with E-state index in [1.165, 1.54) is 24.3 Å². The Hall–Kier alpha value is -6.99. The van der Waals surface area contributed by atoms with Gasteiger partial charge in [-0.1, -0.05) is 84.0 Å². The number of phosphoric acid groups is 1. The van der Waals surface area contributed by atoms with Crippen LogP contribution in [0, 0.1) is 17.8 Å². The van der Waals surface area contributed by atoms with E-state index in [4.69, 9.17) is 16.6 Å². The van der Waals surface area contributed by atoms with E-state index in [9.17, 15) is 72.5 Å². The van der Waals surface area contributed by atoms with Crippen molar-refractivity contribution in [3.63, 3.8) is 0 Å². The molecule has 2 rings (SSSR count). The lowest BCUT2D eigenvalue weighted by Crippen LogP contribution is -2.61. The highest BCUT2D eigenvalue weighted by atomic mass is 31.2. The average molecular weight is 1050 g/mol. The van der Waals surface area contributed by atoms with Gasteiger partial charge >= 0.3 is 19.8 Å². The number of carboxylic acid groups (broad SMARTS) is 2. The van der Waals surface area contributed by atoms with Crippen molar-refractivity contribution < 1.29 is 82.1 Å². The third-order valence-corrected chi connectivity index (χ3v) is 11.1. The smallest absolute Gasteiger partial charge is 0.481 e. The fourth-order valence-corrected chi connectivity index (χ4v) is 7.43. The Bertz CT molecular complexity index is 2300. The number of benzene rings is 2. The Kier molecular flexibility index (Phi) is 25.1. The summed E-state index contributed by atoms with van der Waals surface area (Å²) in [7, 11) is -5.00. The van der Waals surface area contributed by atoms with Gasteiger partial charge in [0, 0.05) is 12.8 Å². The third kappa shape index (κ3) is 23.0. The maximum absolute atomic E-state index is 14.5. The number of aliphatic hydroxyl groups is 1. The van der Waals surface area contributed by atoms with Crippen molar-refractivity contribution in [2.24, 2.45) is 29.2 Å². The van der Waals surface area contributed by atoms with Crippen LogP contribution in [0.1, 0.15) is 90.9 Å². The monoisotopic (exact) mass is 1050 g/mol. The third-order valence-electron chi connectivity index (χ3n) is 10.6. The van der Waals surface area contributed by atoms with Crippen LogP contribution in [-0.2, 0) is 58.9 Å². The minimum Gasteiger partial charge on any atom is -0.481 e. The van der Waals surface area contributed by atoms with Crippen LogP contribution in [0.5, 0.6) is 5.75 Å². The number of carbonyl (C=O) groups excluding carboxylic acids is 8. The number of aliphatic carboxylic acids is 2. The lowest BCUT2D eigenvalue weighted by Gasteiger charge is -2.30. The maximum Gasteiger partial charge on any atom is 0.524 e. The number of hydrogen-bond donors (Lipinski definition) is 14. The Morgan fingerprint density at radius 1 is 0.630 bits per heavy atom. The second-order valence-electron chi connectivity index (χ2n) is 18.3. The molecule has 2 aromatic rings. The fraction of sp³-hybridized carbons (Fsp3) is 0.522. The van der Waals surface area contributed by atoms with Crippen LogP contribution in [0.25, 0.3) is 0 Å². The molecule has 0 saturated heterocycles. The average Bonchev–Trinajstić information content (AvgIpc) is 3.28. The van der Waals surface area contributed by atoms with Crippen molar-refractivity contribution in [2.75, 3.05) is 6.54 Å². The zero-order valence-electron chi connectivity index (χ0n) is 41.2. The molecular weight excluding hydrogens is 982 g/mol. The molecule has 404 valence electrons. The Labute approximate surface area is 421 Å². The molecule has 26 nitrogen and oxygen atoms in total. The number of aliphatic hydroxyl groups excluding tert-OH is 1. The minimum absolute atomic E-state index is 0.0290. The van der Waals surface area contributed by atoms with Gasteiger partial charge in [-0.2, -0.15) is 0 Å². The molecule has 0 aliphatic rings. The largest absolute Gasteiger partial charge is 0.524 e. The van der Waals surface area contributed by atoms with Crippen molar-refractivity contribution in [1.82, 2.24) is 37.2 Å². The number of nitrogens with two attached hydrogens (primary N) is 2. The van der Waals surface area contributed by atoms with Gasteiger partial charge in [0.2, 0.25) is 47.3 Å². The highest BCUT2D eigenvalue weighted by Crippen LogP contribution is 2.37. The van der Waals surface area contributed by atoms with Crippen molar-refractivity contribution in [3.8, 4) is 5.75 Å². The molecule has 0 aliphatic heterocycles. The summed E-state index contributed by atoms with van der Waals surface area (Å²) < 4.78 is 16.1. The van der Waals surface area contributed by atoms with Gasteiger partial charge in [0.15, 0.2) is 0 Å². The molecule has 1 unspecified atom stereocenters. The van der Waals surface area contributed by atoms with E-state index in [1.807, 2.05) is 13.8 Å². The molecule has 0 aromatic heterocycles. The topological polar surface area (TPSA) is 434 Å². The quantitative estimate of drug-likeness (QED) is 0.0377. The molecule has 8 atom stereocenters. The number of primary amides is 1. The summed E-state index contributed by atoms with van der Waals surface area (Å²) in [5.41, 5.74) is 11.9. The first-order valence-electron chi connectivity index (χ1n) is 23.1. The van der Waals surface area contributed by atoms with E-state index in [0.29, 0.717) is 0 Å².